The number of ether oxygens (including phenoxy) is 2. The van der Waals surface area contributed by atoms with Gasteiger partial charge in [0.15, 0.2) is 18.2 Å². The third-order valence-corrected chi connectivity index (χ3v) is 4.24. The number of hydrogen-bond acceptors (Lipinski definition) is 4. The highest BCUT2D eigenvalue weighted by atomic mass is 19.4. The molecular formula is C17H19F7N2O3. The third-order valence-electron chi connectivity index (χ3n) is 4.24. The average Bonchev–Trinajstić information content (AvgIpc) is 3.18. The highest BCUT2D eigenvalue weighted by Crippen LogP contribution is 2.36. The third kappa shape index (κ3) is 5.87. The zero-order valence-electron chi connectivity index (χ0n) is 15.2. The van der Waals surface area contributed by atoms with Crippen molar-refractivity contribution in [2.75, 3.05) is 20.3 Å². The van der Waals surface area contributed by atoms with Crippen LogP contribution in [0.25, 0.3) is 0 Å². The SMILES string of the molecule is COc1cc(OCC(F)(F)C(F)C(F)(F)F)c(F)cc1CNC(=O)C1CCCN1. The summed E-state index contributed by atoms with van der Waals surface area (Å²) in [5, 5.41) is 5.54. The van der Waals surface area contributed by atoms with Gasteiger partial charge in [0.25, 0.3) is 6.17 Å². The largest absolute Gasteiger partial charge is 0.496 e. The van der Waals surface area contributed by atoms with Crippen LogP contribution in [-0.4, -0.2) is 50.5 Å². The molecule has 1 aliphatic rings. The van der Waals surface area contributed by atoms with E-state index < -0.39 is 36.4 Å². The number of halogens is 7. The zero-order valence-corrected chi connectivity index (χ0v) is 15.2. The minimum absolute atomic E-state index is 0.0583. The Labute approximate surface area is 161 Å². The molecule has 2 atom stereocenters. The summed E-state index contributed by atoms with van der Waals surface area (Å²) in [7, 11) is 1.18. The number of benzene rings is 1. The van der Waals surface area contributed by atoms with Gasteiger partial charge in [-0.2, -0.15) is 22.0 Å². The topological polar surface area (TPSA) is 59.6 Å². The van der Waals surface area contributed by atoms with Crippen molar-refractivity contribution in [1.29, 1.82) is 0 Å². The van der Waals surface area contributed by atoms with Crippen LogP contribution in [0.1, 0.15) is 18.4 Å². The molecule has 0 aliphatic carbocycles. The molecule has 1 saturated heterocycles. The summed E-state index contributed by atoms with van der Waals surface area (Å²) in [6.07, 6.45) is -8.77. The van der Waals surface area contributed by atoms with E-state index >= 15 is 0 Å². The van der Waals surface area contributed by atoms with E-state index in [1.54, 1.807) is 0 Å². The van der Waals surface area contributed by atoms with Crippen LogP contribution in [0, 0.1) is 5.82 Å². The Bertz CT molecular complexity index is 722. The van der Waals surface area contributed by atoms with Gasteiger partial charge in [-0.15, -0.1) is 0 Å². The first-order chi connectivity index (χ1) is 13.5. The van der Waals surface area contributed by atoms with Gasteiger partial charge in [0.2, 0.25) is 5.91 Å². The molecule has 0 radical (unpaired) electrons. The lowest BCUT2D eigenvalue weighted by molar-refractivity contribution is -0.250. The molecule has 29 heavy (non-hydrogen) atoms. The van der Waals surface area contributed by atoms with Crippen molar-refractivity contribution in [3.63, 3.8) is 0 Å². The number of carbonyl (C=O) groups is 1. The molecule has 2 rings (SSSR count). The normalized spacial score (nSPS) is 18.4. The fourth-order valence-electron chi connectivity index (χ4n) is 2.72. The molecule has 0 saturated carbocycles. The van der Waals surface area contributed by atoms with E-state index in [0.717, 1.165) is 18.6 Å². The second-order valence-corrected chi connectivity index (χ2v) is 6.42. The maximum atomic E-state index is 14.1. The van der Waals surface area contributed by atoms with Gasteiger partial charge in [-0.05, 0) is 25.5 Å². The van der Waals surface area contributed by atoms with Crippen LogP contribution in [0.4, 0.5) is 30.7 Å². The average molecular weight is 432 g/mol. The lowest BCUT2D eigenvalue weighted by Gasteiger charge is -2.23. The standard InChI is InChI=1S/C17H19F7N2O3/c1-28-12-6-13(29-8-16(20,21)15(19)17(22,23)24)10(18)5-9(12)7-26-14(27)11-3-2-4-25-11/h5-6,11,15,25H,2-4,7-8H2,1H3,(H,26,27). The number of alkyl halides is 6. The fourth-order valence-corrected chi connectivity index (χ4v) is 2.72. The molecule has 0 bridgehead atoms. The van der Waals surface area contributed by atoms with Crippen LogP contribution in [0.5, 0.6) is 11.5 Å². The second kappa shape index (κ2) is 9.06. The highest BCUT2D eigenvalue weighted by Gasteiger charge is 2.57. The van der Waals surface area contributed by atoms with Crippen LogP contribution in [0.3, 0.4) is 0 Å². The second-order valence-electron chi connectivity index (χ2n) is 6.42. The molecule has 1 aromatic carbocycles. The summed E-state index contributed by atoms with van der Waals surface area (Å²) >= 11 is 0. The number of methoxy groups -OCH3 is 1. The number of rotatable bonds is 8. The Morgan fingerprint density at radius 3 is 2.52 bits per heavy atom. The number of hydrogen-bond donors (Lipinski definition) is 2. The predicted octanol–water partition coefficient (Wildman–Crippen LogP) is 3.12. The summed E-state index contributed by atoms with van der Waals surface area (Å²) < 4.78 is 99.4. The van der Waals surface area contributed by atoms with Gasteiger partial charge in [-0.1, -0.05) is 0 Å². The van der Waals surface area contributed by atoms with Crippen molar-refractivity contribution < 1.29 is 45.0 Å². The van der Waals surface area contributed by atoms with Crippen LogP contribution < -0.4 is 20.1 Å². The molecular weight excluding hydrogens is 413 g/mol. The van der Waals surface area contributed by atoms with Gasteiger partial charge < -0.3 is 20.1 Å². The van der Waals surface area contributed by atoms with E-state index in [1.165, 1.54) is 7.11 Å². The van der Waals surface area contributed by atoms with Crippen molar-refractivity contribution in [3.8, 4) is 11.5 Å². The Hall–Kier alpha value is -2.24. The smallest absolute Gasteiger partial charge is 0.425 e. The van der Waals surface area contributed by atoms with Crippen LogP contribution >= 0.6 is 0 Å². The summed E-state index contributed by atoms with van der Waals surface area (Å²) in [5.74, 6) is -7.32. The van der Waals surface area contributed by atoms with Crippen molar-refractivity contribution in [2.45, 2.75) is 43.7 Å². The lowest BCUT2D eigenvalue weighted by atomic mass is 10.1. The van der Waals surface area contributed by atoms with Crippen molar-refractivity contribution in [2.24, 2.45) is 0 Å². The van der Waals surface area contributed by atoms with E-state index in [9.17, 15) is 35.5 Å². The van der Waals surface area contributed by atoms with Crippen LogP contribution in [0.2, 0.25) is 0 Å². The van der Waals surface area contributed by atoms with E-state index in [1.807, 2.05) is 0 Å². The summed E-state index contributed by atoms with van der Waals surface area (Å²) in [6.45, 7) is -1.48. The molecule has 2 N–H and O–H groups in total. The lowest BCUT2D eigenvalue weighted by Crippen LogP contribution is -2.45. The molecule has 1 heterocycles. The molecule has 0 aromatic heterocycles. The first kappa shape index (κ1) is 23.0. The van der Waals surface area contributed by atoms with E-state index in [2.05, 4.69) is 15.4 Å². The molecule has 12 heteroatoms. The van der Waals surface area contributed by atoms with Gasteiger partial charge in [0.05, 0.1) is 13.2 Å². The Morgan fingerprint density at radius 1 is 1.28 bits per heavy atom. The van der Waals surface area contributed by atoms with E-state index in [4.69, 9.17) is 4.74 Å². The molecule has 1 fully saturated rings. The molecule has 5 nitrogen and oxygen atoms in total. The summed E-state index contributed by atoms with van der Waals surface area (Å²) in [6, 6.07) is 1.28. The van der Waals surface area contributed by atoms with Crippen molar-refractivity contribution in [1.82, 2.24) is 10.6 Å². The Balaban J connectivity index is 2.06. The minimum atomic E-state index is -5.79. The van der Waals surface area contributed by atoms with Gasteiger partial charge in [0, 0.05) is 18.2 Å². The molecule has 1 aliphatic heterocycles. The zero-order chi connectivity index (χ0) is 21.8. The molecule has 164 valence electrons. The monoisotopic (exact) mass is 432 g/mol. The van der Waals surface area contributed by atoms with Crippen molar-refractivity contribution >= 4 is 5.91 Å². The quantitative estimate of drug-likeness (QED) is 0.620. The van der Waals surface area contributed by atoms with Gasteiger partial charge in [-0.25, -0.2) is 8.78 Å². The molecule has 0 spiro atoms. The number of amides is 1. The molecule has 2 unspecified atom stereocenters. The van der Waals surface area contributed by atoms with Crippen LogP contribution in [-0.2, 0) is 11.3 Å². The van der Waals surface area contributed by atoms with E-state index in [-0.39, 0.29) is 29.8 Å². The Morgan fingerprint density at radius 2 is 1.97 bits per heavy atom. The first-order valence-corrected chi connectivity index (χ1v) is 8.54. The minimum Gasteiger partial charge on any atom is -0.496 e. The fraction of sp³-hybridized carbons (Fsp3) is 0.588. The summed E-state index contributed by atoms with van der Waals surface area (Å²) in [5.41, 5.74) is 0.147. The predicted molar refractivity (Wildman–Crippen MR) is 87.2 cm³/mol. The first-order valence-electron chi connectivity index (χ1n) is 8.54. The molecule has 1 aromatic rings. The van der Waals surface area contributed by atoms with E-state index in [0.29, 0.717) is 13.0 Å². The molecule has 1 amide bonds. The number of nitrogens with one attached hydrogen (secondary N) is 2. The highest BCUT2D eigenvalue weighted by molar-refractivity contribution is 5.82. The number of carbonyl (C=O) groups excluding carboxylic acids is 1. The van der Waals surface area contributed by atoms with Crippen molar-refractivity contribution in [3.05, 3.63) is 23.5 Å². The van der Waals surface area contributed by atoms with Gasteiger partial charge in [-0.3, -0.25) is 4.79 Å². The van der Waals surface area contributed by atoms with Gasteiger partial charge in [0.1, 0.15) is 5.75 Å². The Kier molecular flexibility index (Phi) is 7.20. The summed E-state index contributed by atoms with van der Waals surface area (Å²) in [4.78, 5) is 12.0. The maximum absolute atomic E-state index is 14.1. The van der Waals surface area contributed by atoms with Crippen LogP contribution in [0.15, 0.2) is 12.1 Å². The maximum Gasteiger partial charge on any atom is 0.425 e. The van der Waals surface area contributed by atoms with Gasteiger partial charge >= 0.3 is 12.1 Å².